The molecule has 1 aliphatic rings. The van der Waals surface area contributed by atoms with Gasteiger partial charge < -0.3 is 10.0 Å². The Labute approximate surface area is 115 Å². The Hall–Kier alpha value is -2.18. The van der Waals surface area contributed by atoms with Gasteiger partial charge in [0.1, 0.15) is 0 Å². The third-order valence-electron chi connectivity index (χ3n) is 3.62. The highest BCUT2D eigenvalue weighted by Crippen LogP contribution is 2.29. The molecule has 5 nitrogen and oxygen atoms in total. The van der Waals surface area contributed by atoms with Gasteiger partial charge >= 0.3 is 7.12 Å². The topological polar surface area (TPSA) is 77.8 Å². The van der Waals surface area contributed by atoms with Gasteiger partial charge in [0.15, 0.2) is 0 Å². The lowest BCUT2D eigenvalue weighted by molar-refractivity contribution is 0.0619. The molecule has 1 aliphatic heterocycles. The second-order valence-electron chi connectivity index (χ2n) is 4.66. The second kappa shape index (κ2) is 4.43. The molecule has 2 aromatic rings. The van der Waals surface area contributed by atoms with Gasteiger partial charge in [0, 0.05) is 23.1 Å². The number of imide groups is 1. The molecule has 1 heterocycles. The van der Waals surface area contributed by atoms with Crippen molar-refractivity contribution in [1.82, 2.24) is 4.90 Å². The molecule has 0 aromatic heterocycles. The van der Waals surface area contributed by atoms with E-state index in [2.05, 4.69) is 0 Å². The van der Waals surface area contributed by atoms with Gasteiger partial charge in [-0.15, -0.1) is 0 Å². The first kappa shape index (κ1) is 12.8. The highest BCUT2D eigenvalue weighted by molar-refractivity contribution is 6.62. The summed E-state index contributed by atoms with van der Waals surface area (Å²) in [4.78, 5) is 25.8. The Morgan fingerprint density at radius 3 is 2.30 bits per heavy atom. The minimum Gasteiger partial charge on any atom is -0.423 e. The van der Waals surface area contributed by atoms with E-state index in [1.165, 1.54) is 17.0 Å². The van der Waals surface area contributed by atoms with Crippen LogP contribution < -0.4 is 5.46 Å². The molecule has 0 bridgehead atoms. The third kappa shape index (κ3) is 1.59. The summed E-state index contributed by atoms with van der Waals surface area (Å²) in [5, 5.41) is 19.8. The van der Waals surface area contributed by atoms with E-state index in [4.69, 9.17) is 0 Å². The van der Waals surface area contributed by atoms with Crippen molar-refractivity contribution in [2.45, 2.75) is 6.92 Å². The van der Waals surface area contributed by atoms with Crippen LogP contribution in [0.4, 0.5) is 0 Å². The standard InChI is InChI=1S/C14H12BNO4/c1-2-16-13(17)9-5-3-4-8-11(15(19)20)7-6-10(12(8)9)14(16)18/h3-7,19-20H,2H2,1H3. The van der Waals surface area contributed by atoms with Crippen molar-refractivity contribution in [1.29, 1.82) is 0 Å². The van der Waals surface area contributed by atoms with Gasteiger partial charge in [-0.3, -0.25) is 14.5 Å². The van der Waals surface area contributed by atoms with Gasteiger partial charge in [-0.2, -0.15) is 0 Å². The van der Waals surface area contributed by atoms with Crippen LogP contribution in [0.1, 0.15) is 27.6 Å². The van der Waals surface area contributed by atoms with Crippen molar-refractivity contribution in [2.75, 3.05) is 6.54 Å². The van der Waals surface area contributed by atoms with Crippen molar-refractivity contribution in [3.63, 3.8) is 0 Å². The number of hydrogen-bond donors (Lipinski definition) is 2. The van der Waals surface area contributed by atoms with E-state index in [9.17, 15) is 19.6 Å². The lowest BCUT2D eigenvalue weighted by Crippen LogP contribution is -2.41. The lowest BCUT2D eigenvalue weighted by Gasteiger charge is -2.26. The minimum absolute atomic E-state index is 0.288. The summed E-state index contributed by atoms with van der Waals surface area (Å²) < 4.78 is 0. The molecule has 0 aliphatic carbocycles. The van der Waals surface area contributed by atoms with Gasteiger partial charge in [-0.1, -0.05) is 18.2 Å². The summed E-state index contributed by atoms with van der Waals surface area (Å²) in [7, 11) is -1.64. The molecule has 0 unspecified atom stereocenters. The van der Waals surface area contributed by atoms with Crippen LogP contribution in [0.5, 0.6) is 0 Å². The van der Waals surface area contributed by atoms with Crippen LogP contribution in [0.2, 0.25) is 0 Å². The van der Waals surface area contributed by atoms with Gasteiger partial charge in [0.25, 0.3) is 11.8 Å². The molecule has 0 spiro atoms. The summed E-state index contributed by atoms with van der Waals surface area (Å²) >= 11 is 0. The minimum atomic E-state index is -1.64. The van der Waals surface area contributed by atoms with Crippen molar-refractivity contribution in [2.24, 2.45) is 0 Å². The average molecular weight is 269 g/mol. The fourth-order valence-corrected chi connectivity index (χ4v) is 2.68. The van der Waals surface area contributed by atoms with E-state index < -0.39 is 7.12 Å². The Bertz CT molecular complexity index is 719. The fourth-order valence-electron chi connectivity index (χ4n) is 2.68. The first-order valence-electron chi connectivity index (χ1n) is 6.34. The molecule has 2 amide bonds. The first-order chi connectivity index (χ1) is 9.56. The highest BCUT2D eigenvalue weighted by atomic mass is 16.4. The van der Waals surface area contributed by atoms with E-state index in [-0.39, 0.29) is 17.3 Å². The molecule has 100 valence electrons. The van der Waals surface area contributed by atoms with Gasteiger partial charge in [0.2, 0.25) is 0 Å². The molecule has 0 saturated heterocycles. The van der Waals surface area contributed by atoms with Gasteiger partial charge in [-0.05, 0) is 29.9 Å². The number of benzene rings is 2. The Morgan fingerprint density at radius 2 is 1.70 bits per heavy atom. The van der Waals surface area contributed by atoms with Crippen LogP contribution in [0, 0.1) is 0 Å². The van der Waals surface area contributed by atoms with Crippen LogP contribution in [-0.4, -0.2) is 40.4 Å². The summed E-state index contributed by atoms with van der Waals surface area (Å²) in [6.07, 6.45) is 0. The Kier molecular flexibility index (Phi) is 2.85. The normalized spacial score (nSPS) is 14.1. The van der Waals surface area contributed by atoms with Gasteiger partial charge in [0.05, 0.1) is 0 Å². The predicted molar refractivity (Wildman–Crippen MR) is 74.8 cm³/mol. The van der Waals surface area contributed by atoms with E-state index in [0.29, 0.717) is 28.4 Å². The highest BCUT2D eigenvalue weighted by Gasteiger charge is 2.32. The molecule has 3 rings (SSSR count). The number of carbonyl (C=O) groups excluding carboxylic acids is 2. The molecule has 6 heteroatoms. The van der Waals surface area contributed by atoms with E-state index >= 15 is 0 Å². The monoisotopic (exact) mass is 269 g/mol. The maximum atomic E-state index is 12.3. The lowest BCUT2D eigenvalue weighted by atomic mass is 9.75. The average Bonchev–Trinajstić information content (AvgIpc) is 2.44. The van der Waals surface area contributed by atoms with E-state index in [0.717, 1.165) is 0 Å². The summed E-state index contributed by atoms with van der Waals surface area (Å²) in [5.74, 6) is -0.694. The zero-order valence-corrected chi connectivity index (χ0v) is 10.8. The number of hydrogen-bond acceptors (Lipinski definition) is 4. The number of carbonyl (C=O) groups is 2. The summed E-state index contributed by atoms with van der Waals surface area (Å²) in [5.41, 5.74) is 1.12. The zero-order valence-electron chi connectivity index (χ0n) is 10.8. The zero-order chi connectivity index (χ0) is 14.4. The Morgan fingerprint density at radius 1 is 1.05 bits per heavy atom. The van der Waals surface area contributed by atoms with Crippen molar-refractivity contribution in [3.8, 4) is 0 Å². The quantitative estimate of drug-likeness (QED) is 0.600. The largest absolute Gasteiger partial charge is 0.489 e. The van der Waals surface area contributed by atoms with Crippen LogP contribution in [-0.2, 0) is 0 Å². The molecular formula is C14H12BNO4. The number of nitrogens with zero attached hydrogens (tertiary/aromatic N) is 1. The van der Waals surface area contributed by atoms with Crippen LogP contribution in [0.25, 0.3) is 10.8 Å². The molecule has 0 fully saturated rings. The molecule has 20 heavy (non-hydrogen) atoms. The van der Waals surface area contributed by atoms with Crippen molar-refractivity contribution in [3.05, 3.63) is 41.5 Å². The molecular weight excluding hydrogens is 257 g/mol. The maximum absolute atomic E-state index is 12.3. The predicted octanol–water partition coefficient (Wildman–Crippen LogP) is 0.136. The molecule has 0 atom stereocenters. The molecule has 0 saturated carbocycles. The Balaban J connectivity index is 2.41. The number of amides is 2. The SMILES string of the molecule is CCN1C(=O)c2cccc3c(B(O)O)ccc(c23)C1=O. The van der Waals surface area contributed by atoms with Gasteiger partial charge in [-0.25, -0.2) is 0 Å². The third-order valence-corrected chi connectivity index (χ3v) is 3.62. The van der Waals surface area contributed by atoms with E-state index in [1.54, 1.807) is 25.1 Å². The maximum Gasteiger partial charge on any atom is 0.489 e. The summed E-state index contributed by atoms with van der Waals surface area (Å²) in [6, 6.07) is 8.05. The molecule has 2 aromatic carbocycles. The molecule has 2 N–H and O–H groups in total. The first-order valence-corrected chi connectivity index (χ1v) is 6.34. The smallest absolute Gasteiger partial charge is 0.423 e. The van der Waals surface area contributed by atoms with Crippen LogP contribution in [0.15, 0.2) is 30.3 Å². The second-order valence-corrected chi connectivity index (χ2v) is 4.66. The van der Waals surface area contributed by atoms with Crippen LogP contribution in [0.3, 0.4) is 0 Å². The summed E-state index contributed by atoms with van der Waals surface area (Å²) in [6.45, 7) is 2.05. The van der Waals surface area contributed by atoms with E-state index in [1.807, 2.05) is 0 Å². The molecule has 0 radical (unpaired) electrons. The number of rotatable bonds is 2. The van der Waals surface area contributed by atoms with Crippen molar-refractivity contribution < 1.29 is 19.6 Å². The fraction of sp³-hybridized carbons (Fsp3) is 0.143. The van der Waals surface area contributed by atoms with Crippen LogP contribution >= 0.6 is 0 Å². The van der Waals surface area contributed by atoms with Crippen molar-refractivity contribution >= 4 is 35.2 Å².